The van der Waals surface area contributed by atoms with E-state index < -0.39 is 10.0 Å². The van der Waals surface area contributed by atoms with Crippen molar-refractivity contribution in [2.24, 2.45) is 0 Å². The predicted octanol–water partition coefficient (Wildman–Crippen LogP) is 3.09. The van der Waals surface area contributed by atoms with Crippen LogP contribution in [0.2, 0.25) is 0 Å². The quantitative estimate of drug-likeness (QED) is 0.718. The fourth-order valence-electron chi connectivity index (χ4n) is 2.21. The van der Waals surface area contributed by atoms with E-state index in [9.17, 15) is 8.42 Å². The summed E-state index contributed by atoms with van der Waals surface area (Å²) >= 11 is 0. The van der Waals surface area contributed by atoms with Crippen LogP contribution in [0.15, 0.2) is 27.7 Å². The standard InChI is InChI=1S/C15H22N4O3S/c1-4-5-6-9-16-13-7-8-14(17-10-13)19-23(20,21)15-11(2)18-22-12(15)3/h7-8,10,16H,4-6,9H2,1-3H3,(H,17,19). The van der Waals surface area contributed by atoms with Gasteiger partial charge in [-0.05, 0) is 32.4 Å². The molecular weight excluding hydrogens is 316 g/mol. The minimum absolute atomic E-state index is 0.0565. The first-order valence-electron chi connectivity index (χ1n) is 7.59. The van der Waals surface area contributed by atoms with Gasteiger partial charge in [-0.1, -0.05) is 24.9 Å². The molecule has 126 valence electrons. The number of aromatic nitrogens is 2. The van der Waals surface area contributed by atoms with Crippen LogP contribution in [0.1, 0.15) is 37.6 Å². The normalized spacial score (nSPS) is 11.4. The van der Waals surface area contributed by atoms with Crippen molar-refractivity contribution in [2.45, 2.75) is 44.9 Å². The molecule has 8 heteroatoms. The van der Waals surface area contributed by atoms with E-state index in [1.807, 2.05) is 0 Å². The number of pyridine rings is 1. The van der Waals surface area contributed by atoms with Gasteiger partial charge in [0.15, 0.2) is 10.7 Å². The van der Waals surface area contributed by atoms with Crippen molar-refractivity contribution in [3.05, 3.63) is 29.8 Å². The van der Waals surface area contributed by atoms with E-state index in [0.29, 0.717) is 5.69 Å². The van der Waals surface area contributed by atoms with Gasteiger partial charge in [0.2, 0.25) is 0 Å². The summed E-state index contributed by atoms with van der Waals surface area (Å²) in [5, 5.41) is 6.91. The lowest BCUT2D eigenvalue weighted by Gasteiger charge is -2.09. The van der Waals surface area contributed by atoms with Crippen LogP contribution in [0.25, 0.3) is 0 Å². The van der Waals surface area contributed by atoms with Crippen LogP contribution in [-0.2, 0) is 10.0 Å². The Morgan fingerprint density at radius 3 is 2.57 bits per heavy atom. The molecule has 0 amide bonds. The van der Waals surface area contributed by atoms with E-state index in [1.54, 1.807) is 32.2 Å². The molecule has 0 atom stereocenters. The van der Waals surface area contributed by atoms with Gasteiger partial charge in [0, 0.05) is 6.54 Å². The molecule has 0 aliphatic heterocycles. The second-order valence-electron chi connectivity index (χ2n) is 5.32. The smallest absolute Gasteiger partial charge is 0.268 e. The van der Waals surface area contributed by atoms with Gasteiger partial charge in [0.1, 0.15) is 11.5 Å². The zero-order chi connectivity index (χ0) is 16.9. The summed E-state index contributed by atoms with van der Waals surface area (Å²) in [6.45, 7) is 6.17. The number of aryl methyl sites for hydroxylation is 2. The van der Waals surface area contributed by atoms with Gasteiger partial charge < -0.3 is 9.84 Å². The summed E-state index contributed by atoms with van der Waals surface area (Å²) in [4.78, 5) is 4.18. The average Bonchev–Trinajstić information content (AvgIpc) is 2.85. The molecule has 0 bridgehead atoms. The molecule has 2 heterocycles. The van der Waals surface area contributed by atoms with Crippen LogP contribution < -0.4 is 10.0 Å². The molecule has 2 N–H and O–H groups in total. The van der Waals surface area contributed by atoms with E-state index in [2.05, 4.69) is 27.1 Å². The molecule has 2 aromatic rings. The lowest BCUT2D eigenvalue weighted by molar-refractivity contribution is 0.390. The first kappa shape index (κ1) is 17.3. The summed E-state index contributed by atoms with van der Waals surface area (Å²) in [5.41, 5.74) is 1.19. The maximum Gasteiger partial charge on any atom is 0.268 e. The molecule has 0 fully saturated rings. The lowest BCUT2D eigenvalue weighted by Crippen LogP contribution is -2.15. The molecule has 0 saturated carbocycles. The van der Waals surface area contributed by atoms with Gasteiger partial charge in [0.05, 0.1) is 11.9 Å². The monoisotopic (exact) mass is 338 g/mol. The molecule has 0 aliphatic rings. The summed E-state index contributed by atoms with van der Waals surface area (Å²) in [5.74, 6) is 0.508. The predicted molar refractivity (Wildman–Crippen MR) is 89.0 cm³/mol. The second-order valence-corrected chi connectivity index (χ2v) is 6.94. The third kappa shape index (κ3) is 4.44. The number of hydrogen-bond donors (Lipinski definition) is 2. The molecule has 0 saturated heterocycles. The highest BCUT2D eigenvalue weighted by Crippen LogP contribution is 2.22. The molecular formula is C15H22N4O3S. The fourth-order valence-corrected chi connectivity index (χ4v) is 3.55. The maximum atomic E-state index is 12.4. The number of rotatable bonds is 8. The van der Waals surface area contributed by atoms with Crippen LogP contribution in [0.5, 0.6) is 0 Å². The Bertz CT molecular complexity index is 719. The van der Waals surface area contributed by atoms with Crippen LogP contribution in [-0.4, -0.2) is 25.1 Å². The van der Waals surface area contributed by atoms with E-state index in [0.717, 1.165) is 18.7 Å². The molecule has 0 spiro atoms. The Morgan fingerprint density at radius 2 is 2.00 bits per heavy atom. The van der Waals surface area contributed by atoms with Crippen molar-refractivity contribution in [1.82, 2.24) is 10.1 Å². The van der Waals surface area contributed by atoms with E-state index in [1.165, 1.54) is 12.8 Å². The largest absolute Gasteiger partial charge is 0.384 e. The van der Waals surface area contributed by atoms with Gasteiger partial charge in [-0.15, -0.1) is 0 Å². The minimum Gasteiger partial charge on any atom is -0.384 e. The third-order valence-corrected chi connectivity index (χ3v) is 4.95. The number of sulfonamides is 1. The SMILES string of the molecule is CCCCCNc1ccc(NS(=O)(=O)c2c(C)noc2C)nc1. The van der Waals surface area contributed by atoms with E-state index in [4.69, 9.17) is 4.52 Å². The highest BCUT2D eigenvalue weighted by Gasteiger charge is 2.24. The number of unbranched alkanes of at least 4 members (excludes halogenated alkanes) is 2. The van der Waals surface area contributed by atoms with Gasteiger partial charge in [-0.2, -0.15) is 0 Å². The van der Waals surface area contributed by atoms with Crippen molar-refractivity contribution in [3.63, 3.8) is 0 Å². The second kappa shape index (κ2) is 7.45. The van der Waals surface area contributed by atoms with Crippen LogP contribution in [0.3, 0.4) is 0 Å². The van der Waals surface area contributed by atoms with Crippen molar-refractivity contribution in [1.29, 1.82) is 0 Å². The molecule has 0 aliphatic carbocycles. The summed E-state index contributed by atoms with van der Waals surface area (Å²) < 4.78 is 32.1. The number of hydrogen-bond acceptors (Lipinski definition) is 6. The first-order valence-corrected chi connectivity index (χ1v) is 9.08. The van der Waals surface area contributed by atoms with Crippen molar-refractivity contribution in [2.75, 3.05) is 16.6 Å². The van der Waals surface area contributed by atoms with Crippen LogP contribution >= 0.6 is 0 Å². The van der Waals surface area contributed by atoms with Gasteiger partial charge in [-0.25, -0.2) is 13.4 Å². The Balaban J connectivity index is 2.03. The maximum absolute atomic E-state index is 12.4. The molecule has 7 nitrogen and oxygen atoms in total. The van der Waals surface area contributed by atoms with Gasteiger partial charge >= 0.3 is 0 Å². The minimum atomic E-state index is -3.76. The number of nitrogens with one attached hydrogen (secondary N) is 2. The summed E-state index contributed by atoms with van der Waals surface area (Å²) in [6.07, 6.45) is 5.05. The van der Waals surface area contributed by atoms with E-state index in [-0.39, 0.29) is 16.5 Å². The molecule has 0 aromatic carbocycles. The summed E-state index contributed by atoms with van der Waals surface area (Å²) in [7, 11) is -3.76. The average molecular weight is 338 g/mol. The zero-order valence-electron chi connectivity index (χ0n) is 13.6. The Hall–Kier alpha value is -2.09. The molecule has 23 heavy (non-hydrogen) atoms. The fraction of sp³-hybridized carbons (Fsp3) is 0.467. The number of anilines is 2. The van der Waals surface area contributed by atoms with Crippen molar-refractivity contribution >= 4 is 21.5 Å². The van der Waals surface area contributed by atoms with Crippen LogP contribution in [0.4, 0.5) is 11.5 Å². The highest BCUT2D eigenvalue weighted by molar-refractivity contribution is 7.92. The highest BCUT2D eigenvalue weighted by atomic mass is 32.2. The lowest BCUT2D eigenvalue weighted by atomic mass is 10.2. The third-order valence-electron chi connectivity index (χ3n) is 3.35. The molecule has 0 unspecified atom stereocenters. The first-order chi connectivity index (χ1) is 10.9. The molecule has 2 rings (SSSR count). The number of nitrogens with zero attached hydrogens (tertiary/aromatic N) is 2. The van der Waals surface area contributed by atoms with Crippen molar-refractivity contribution in [3.8, 4) is 0 Å². The zero-order valence-corrected chi connectivity index (χ0v) is 14.4. The molecule has 2 aromatic heterocycles. The summed E-state index contributed by atoms with van der Waals surface area (Å²) in [6, 6.07) is 3.42. The van der Waals surface area contributed by atoms with Gasteiger partial charge in [0.25, 0.3) is 10.0 Å². The molecule has 0 radical (unpaired) electrons. The van der Waals surface area contributed by atoms with Gasteiger partial charge in [-0.3, -0.25) is 4.72 Å². The topological polar surface area (TPSA) is 97.1 Å². The van der Waals surface area contributed by atoms with Crippen molar-refractivity contribution < 1.29 is 12.9 Å². The van der Waals surface area contributed by atoms with E-state index >= 15 is 0 Å². The Kier molecular flexibility index (Phi) is 5.59. The Morgan fingerprint density at radius 1 is 1.22 bits per heavy atom. The Labute approximate surface area is 136 Å². The van der Waals surface area contributed by atoms with Crippen LogP contribution in [0, 0.1) is 13.8 Å².